The number of hydrogen-bond donors (Lipinski definition) is 1. The number of anilines is 1. The summed E-state index contributed by atoms with van der Waals surface area (Å²) in [6, 6.07) is 7.57. The Morgan fingerprint density at radius 2 is 1.88 bits per heavy atom. The third-order valence-electron chi connectivity index (χ3n) is 4.23. The van der Waals surface area contributed by atoms with E-state index in [1.165, 1.54) is 0 Å². The van der Waals surface area contributed by atoms with E-state index in [2.05, 4.69) is 30.7 Å². The number of rotatable bonds is 4. The first-order valence-electron chi connectivity index (χ1n) is 8.13. The zero-order valence-corrected chi connectivity index (χ0v) is 14.9. The normalized spacial score (nSPS) is 13.2. The second-order valence-corrected chi connectivity index (χ2v) is 7.14. The zero-order valence-electron chi connectivity index (χ0n) is 14.9. The molecule has 0 unspecified atom stereocenters. The monoisotopic (exact) mass is 328 g/mol. The van der Waals surface area contributed by atoms with Gasteiger partial charge in [-0.25, -0.2) is 0 Å². The van der Waals surface area contributed by atoms with Gasteiger partial charge in [0.25, 0.3) is 0 Å². The summed E-state index contributed by atoms with van der Waals surface area (Å²) in [5, 5.41) is 3.17. The fourth-order valence-corrected chi connectivity index (χ4v) is 3.36. The number of ether oxygens (including phenoxy) is 2. The highest BCUT2D eigenvalue weighted by atomic mass is 16.7. The SMILES string of the molecule is Cc1cc(C(=O)CNc2ccc3c(c2)OCO3)c(C)n1C(C)(C)C. The summed E-state index contributed by atoms with van der Waals surface area (Å²) in [6.45, 7) is 11.0. The fourth-order valence-electron chi connectivity index (χ4n) is 3.36. The van der Waals surface area contributed by atoms with Gasteiger partial charge in [0.15, 0.2) is 17.3 Å². The predicted octanol–water partition coefficient (Wildman–Crippen LogP) is 3.88. The van der Waals surface area contributed by atoms with Gasteiger partial charge in [-0.15, -0.1) is 0 Å². The van der Waals surface area contributed by atoms with E-state index in [1.807, 2.05) is 38.1 Å². The van der Waals surface area contributed by atoms with Crippen molar-refractivity contribution in [1.82, 2.24) is 4.57 Å². The van der Waals surface area contributed by atoms with Gasteiger partial charge < -0.3 is 19.4 Å². The Balaban J connectivity index is 1.74. The summed E-state index contributed by atoms with van der Waals surface area (Å²) in [7, 11) is 0. The summed E-state index contributed by atoms with van der Waals surface area (Å²) < 4.78 is 12.9. The van der Waals surface area contributed by atoms with Crippen LogP contribution in [-0.4, -0.2) is 23.7 Å². The van der Waals surface area contributed by atoms with Crippen molar-refractivity contribution in [2.45, 2.75) is 40.2 Å². The molecule has 1 aromatic heterocycles. The molecule has 0 fully saturated rings. The lowest BCUT2D eigenvalue weighted by molar-refractivity contribution is 0.100. The fraction of sp³-hybridized carbons (Fsp3) is 0.421. The molecule has 3 rings (SSSR count). The number of aryl methyl sites for hydroxylation is 1. The van der Waals surface area contributed by atoms with Crippen LogP contribution in [0.4, 0.5) is 5.69 Å². The Morgan fingerprint density at radius 3 is 2.54 bits per heavy atom. The van der Waals surface area contributed by atoms with E-state index in [0.717, 1.165) is 28.4 Å². The van der Waals surface area contributed by atoms with E-state index in [-0.39, 0.29) is 24.7 Å². The first-order chi connectivity index (χ1) is 11.3. The molecule has 2 aromatic rings. The van der Waals surface area contributed by atoms with Crippen molar-refractivity contribution in [1.29, 1.82) is 0 Å². The van der Waals surface area contributed by atoms with Crippen LogP contribution in [0.15, 0.2) is 24.3 Å². The average molecular weight is 328 g/mol. The number of carbonyl (C=O) groups excluding carboxylic acids is 1. The van der Waals surface area contributed by atoms with Crippen molar-refractivity contribution >= 4 is 11.5 Å². The predicted molar refractivity (Wildman–Crippen MR) is 94.3 cm³/mol. The van der Waals surface area contributed by atoms with Gasteiger partial charge in [-0.2, -0.15) is 0 Å². The van der Waals surface area contributed by atoms with E-state index < -0.39 is 0 Å². The molecule has 0 saturated heterocycles. The molecule has 0 amide bonds. The topological polar surface area (TPSA) is 52.5 Å². The number of hydrogen-bond acceptors (Lipinski definition) is 4. The number of nitrogens with zero attached hydrogens (tertiary/aromatic N) is 1. The maximum absolute atomic E-state index is 12.6. The Labute approximate surface area is 142 Å². The van der Waals surface area contributed by atoms with E-state index in [4.69, 9.17) is 9.47 Å². The van der Waals surface area contributed by atoms with Crippen LogP contribution >= 0.6 is 0 Å². The minimum Gasteiger partial charge on any atom is -0.454 e. The number of Topliss-reactive ketones (excluding diaryl/α,β-unsaturated/α-hetero) is 1. The van der Waals surface area contributed by atoms with Gasteiger partial charge in [-0.3, -0.25) is 4.79 Å². The molecule has 1 aromatic carbocycles. The van der Waals surface area contributed by atoms with E-state index in [9.17, 15) is 4.79 Å². The molecule has 1 N–H and O–H groups in total. The highest BCUT2D eigenvalue weighted by Crippen LogP contribution is 2.34. The number of ketones is 1. The van der Waals surface area contributed by atoms with E-state index in [1.54, 1.807) is 0 Å². The summed E-state index contributed by atoms with van der Waals surface area (Å²) in [6.07, 6.45) is 0. The van der Waals surface area contributed by atoms with Crippen LogP contribution in [0.1, 0.15) is 42.5 Å². The molecule has 1 aliphatic rings. The smallest absolute Gasteiger partial charge is 0.231 e. The summed E-state index contributed by atoms with van der Waals surface area (Å²) in [4.78, 5) is 12.6. The lowest BCUT2D eigenvalue weighted by Crippen LogP contribution is -2.24. The van der Waals surface area contributed by atoms with Crippen molar-refractivity contribution in [3.63, 3.8) is 0 Å². The zero-order chi connectivity index (χ0) is 17.5. The van der Waals surface area contributed by atoms with Gasteiger partial charge in [-0.05, 0) is 52.8 Å². The number of fused-ring (bicyclic) bond motifs is 1. The lowest BCUT2D eigenvalue weighted by Gasteiger charge is -2.25. The average Bonchev–Trinajstić information content (AvgIpc) is 3.07. The molecule has 24 heavy (non-hydrogen) atoms. The van der Waals surface area contributed by atoms with Crippen molar-refractivity contribution in [3.8, 4) is 11.5 Å². The summed E-state index contributed by atoms with van der Waals surface area (Å²) in [5.74, 6) is 1.52. The summed E-state index contributed by atoms with van der Waals surface area (Å²) >= 11 is 0. The van der Waals surface area contributed by atoms with Gasteiger partial charge >= 0.3 is 0 Å². The van der Waals surface area contributed by atoms with Crippen molar-refractivity contribution in [3.05, 3.63) is 41.2 Å². The largest absolute Gasteiger partial charge is 0.454 e. The van der Waals surface area contributed by atoms with Gasteiger partial charge in [0.2, 0.25) is 6.79 Å². The molecule has 0 radical (unpaired) electrons. The van der Waals surface area contributed by atoms with Gasteiger partial charge in [0.05, 0.1) is 6.54 Å². The first-order valence-corrected chi connectivity index (χ1v) is 8.13. The number of aromatic nitrogens is 1. The Bertz CT molecular complexity index is 785. The number of nitrogens with one attached hydrogen (secondary N) is 1. The van der Waals surface area contributed by atoms with Crippen molar-refractivity contribution in [2.75, 3.05) is 18.7 Å². The van der Waals surface area contributed by atoms with E-state index in [0.29, 0.717) is 5.75 Å². The van der Waals surface area contributed by atoms with Crippen LogP contribution in [0, 0.1) is 13.8 Å². The maximum Gasteiger partial charge on any atom is 0.231 e. The standard InChI is InChI=1S/C19H24N2O3/c1-12-8-15(13(2)21(12)19(3,4)5)16(22)10-20-14-6-7-17-18(9-14)24-11-23-17/h6-9,20H,10-11H2,1-5H3. The van der Waals surface area contributed by atoms with Crippen LogP contribution in [0.2, 0.25) is 0 Å². The lowest BCUT2D eigenvalue weighted by atomic mass is 10.1. The van der Waals surface area contributed by atoms with Crippen LogP contribution in [-0.2, 0) is 5.54 Å². The van der Waals surface area contributed by atoms with Crippen LogP contribution in [0.5, 0.6) is 11.5 Å². The second-order valence-electron chi connectivity index (χ2n) is 7.14. The molecule has 0 aliphatic carbocycles. The Hall–Kier alpha value is -2.43. The molecule has 0 saturated carbocycles. The molecule has 5 heteroatoms. The quantitative estimate of drug-likeness (QED) is 0.865. The highest BCUT2D eigenvalue weighted by Gasteiger charge is 2.22. The molecule has 5 nitrogen and oxygen atoms in total. The van der Waals surface area contributed by atoms with Crippen molar-refractivity contribution < 1.29 is 14.3 Å². The van der Waals surface area contributed by atoms with Crippen LogP contribution in [0.3, 0.4) is 0 Å². The third-order valence-corrected chi connectivity index (χ3v) is 4.23. The molecular formula is C19H24N2O3. The summed E-state index contributed by atoms with van der Waals surface area (Å²) in [5.41, 5.74) is 3.69. The maximum atomic E-state index is 12.6. The van der Waals surface area contributed by atoms with Gasteiger partial charge in [0.1, 0.15) is 0 Å². The van der Waals surface area contributed by atoms with Gasteiger partial charge in [0, 0.05) is 34.2 Å². The highest BCUT2D eigenvalue weighted by molar-refractivity contribution is 6.00. The second kappa shape index (κ2) is 5.89. The van der Waals surface area contributed by atoms with Crippen LogP contribution in [0.25, 0.3) is 0 Å². The molecule has 1 aliphatic heterocycles. The molecular weight excluding hydrogens is 304 g/mol. The van der Waals surface area contributed by atoms with Crippen LogP contribution < -0.4 is 14.8 Å². The molecule has 0 bridgehead atoms. The molecule has 2 heterocycles. The molecule has 128 valence electrons. The Morgan fingerprint density at radius 1 is 1.17 bits per heavy atom. The molecule has 0 spiro atoms. The number of benzene rings is 1. The third kappa shape index (κ3) is 2.98. The number of carbonyl (C=O) groups is 1. The molecule has 0 atom stereocenters. The Kier molecular flexibility index (Phi) is 4.03. The minimum absolute atomic E-state index is 0.0442. The minimum atomic E-state index is -0.0442. The first kappa shape index (κ1) is 16.4. The van der Waals surface area contributed by atoms with Crippen molar-refractivity contribution in [2.24, 2.45) is 0 Å². The van der Waals surface area contributed by atoms with E-state index >= 15 is 0 Å². The van der Waals surface area contributed by atoms with Gasteiger partial charge in [-0.1, -0.05) is 0 Å².